The first-order valence-corrected chi connectivity index (χ1v) is 7.75. The van der Waals surface area contributed by atoms with Gasteiger partial charge in [0, 0.05) is 19.3 Å². The van der Waals surface area contributed by atoms with Gasteiger partial charge < -0.3 is 10.2 Å². The number of rotatable bonds is 5. The van der Waals surface area contributed by atoms with Crippen molar-refractivity contribution in [1.82, 2.24) is 4.90 Å². The molecule has 0 atom stereocenters. The Kier molecular flexibility index (Phi) is 5.45. The van der Waals surface area contributed by atoms with Crippen LogP contribution in [0.3, 0.4) is 0 Å². The van der Waals surface area contributed by atoms with Crippen LogP contribution in [0.4, 0.5) is 17.1 Å². The molecule has 0 aliphatic rings. The SMILES string of the molecule is CCN(C)C=Nc1cc(C)cc(Nc2cccc(C)c2)c1Cl. The van der Waals surface area contributed by atoms with E-state index in [1.807, 2.05) is 43.1 Å². The Hall–Kier alpha value is -2.00. The van der Waals surface area contributed by atoms with E-state index in [0.717, 1.165) is 29.2 Å². The number of halogens is 1. The second-order valence-corrected chi connectivity index (χ2v) is 5.84. The maximum Gasteiger partial charge on any atom is 0.0910 e. The third-order valence-corrected chi connectivity index (χ3v) is 3.78. The van der Waals surface area contributed by atoms with Gasteiger partial charge in [-0.15, -0.1) is 0 Å². The van der Waals surface area contributed by atoms with Crippen LogP contribution < -0.4 is 5.32 Å². The summed E-state index contributed by atoms with van der Waals surface area (Å²) >= 11 is 6.50. The highest BCUT2D eigenvalue weighted by Gasteiger charge is 2.08. The topological polar surface area (TPSA) is 27.6 Å². The number of nitrogens with zero attached hydrogens (tertiary/aromatic N) is 2. The monoisotopic (exact) mass is 315 g/mol. The predicted octanol–water partition coefficient (Wildman–Crippen LogP) is 5.31. The van der Waals surface area contributed by atoms with Crippen molar-refractivity contribution in [3.8, 4) is 0 Å². The van der Waals surface area contributed by atoms with Crippen LogP contribution in [0.2, 0.25) is 5.02 Å². The van der Waals surface area contributed by atoms with Crippen LogP contribution in [0.25, 0.3) is 0 Å². The molecule has 0 aliphatic carbocycles. The molecule has 22 heavy (non-hydrogen) atoms. The van der Waals surface area contributed by atoms with Crippen LogP contribution in [0.1, 0.15) is 18.1 Å². The Morgan fingerprint density at radius 1 is 1.18 bits per heavy atom. The quantitative estimate of drug-likeness (QED) is 0.598. The lowest BCUT2D eigenvalue weighted by Crippen LogP contribution is -2.14. The largest absolute Gasteiger partial charge is 0.366 e. The highest BCUT2D eigenvalue weighted by atomic mass is 35.5. The lowest BCUT2D eigenvalue weighted by molar-refractivity contribution is 0.552. The van der Waals surface area contributed by atoms with Gasteiger partial charge in [0.15, 0.2) is 0 Å². The number of hydrogen-bond acceptors (Lipinski definition) is 2. The van der Waals surface area contributed by atoms with E-state index in [9.17, 15) is 0 Å². The molecule has 0 saturated carbocycles. The summed E-state index contributed by atoms with van der Waals surface area (Å²) in [5.41, 5.74) is 4.99. The predicted molar refractivity (Wildman–Crippen MR) is 97.1 cm³/mol. The molecule has 1 N–H and O–H groups in total. The van der Waals surface area contributed by atoms with Gasteiger partial charge in [-0.05, 0) is 56.2 Å². The minimum absolute atomic E-state index is 0.632. The van der Waals surface area contributed by atoms with E-state index in [4.69, 9.17) is 11.6 Å². The number of hydrogen-bond donors (Lipinski definition) is 1. The van der Waals surface area contributed by atoms with Crippen molar-refractivity contribution in [3.63, 3.8) is 0 Å². The van der Waals surface area contributed by atoms with E-state index < -0.39 is 0 Å². The van der Waals surface area contributed by atoms with E-state index in [-0.39, 0.29) is 0 Å². The van der Waals surface area contributed by atoms with Crippen molar-refractivity contribution in [2.45, 2.75) is 20.8 Å². The Balaban J connectivity index is 2.32. The van der Waals surface area contributed by atoms with Gasteiger partial charge in [0.2, 0.25) is 0 Å². The van der Waals surface area contributed by atoms with E-state index in [1.54, 1.807) is 6.34 Å². The average Bonchev–Trinajstić information content (AvgIpc) is 2.48. The number of aliphatic imine (C=N–C) groups is 1. The molecule has 0 amide bonds. The van der Waals surface area contributed by atoms with Crippen molar-refractivity contribution < 1.29 is 0 Å². The Morgan fingerprint density at radius 3 is 2.64 bits per heavy atom. The van der Waals surface area contributed by atoms with Crippen molar-refractivity contribution >= 4 is 35.0 Å². The third kappa shape index (κ3) is 4.25. The summed E-state index contributed by atoms with van der Waals surface area (Å²) in [7, 11) is 1.99. The van der Waals surface area contributed by atoms with Crippen LogP contribution in [0.5, 0.6) is 0 Å². The number of anilines is 2. The number of nitrogens with one attached hydrogen (secondary N) is 1. The van der Waals surface area contributed by atoms with Gasteiger partial charge in [-0.2, -0.15) is 0 Å². The molecule has 0 bridgehead atoms. The molecule has 2 aromatic rings. The van der Waals surface area contributed by atoms with Gasteiger partial charge in [-0.25, -0.2) is 4.99 Å². The minimum atomic E-state index is 0.632. The number of benzene rings is 2. The van der Waals surface area contributed by atoms with Gasteiger partial charge in [0.05, 0.1) is 22.7 Å². The van der Waals surface area contributed by atoms with E-state index in [1.165, 1.54) is 5.56 Å². The molecule has 0 radical (unpaired) electrons. The maximum atomic E-state index is 6.50. The highest BCUT2D eigenvalue weighted by Crippen LogP contribution is 2.35. The molecule has 116 valence electrons. The molecule has 0 fully saturated rings. The summed E-state index contributed by atoms with van der Waals surface area (Å²) in [6, 6.07) is 12.2. The van der Waals surface area contributed by atoms with Crippen LogP contribution >= 0.6 is 11.6 Å². The molecule has 0 heterocycles. The molecule has 4 heteroatoms. The minimum Gasteiger partial charge on any atom is -0.366 e. The molecule has 0 unspecified atom stereocenters. The summed E-state index contributed by atoms with van der Waals surface area (Å²) in [5, 5.41) is 4.01. The van der Waals surface area contributed by atoms with Crippen molar-refractivity contribution in [3.05, 3.63) is 52.5 Å². The molecular weight excluding hydrogens is 294 g/mol. The van der Waals surface area contributed by atoms with Crippen molar-refractivity contribution in [2.24, 2.45) is 4.99 Å². The van der Waals surface area contributed by atoms with Gasteiger partial charge >= 0.3 is 0 Å². The molecular formula is C18H22ClN3. The molecule has 0 spiro atoms. The molecule has 0 aromatic heterocycles. The zero-order valence-corrected chi connectivity index (χ0v) is 14.3. The molecule has 2 aromatic carbocycles. The summed E-state index contributed by atoms with van der Waals surface area (Å²) in [6.07, 6.45) is 1.80. The smallest absolute Gasteiger partial charge is 0.0910 e. The molecule has 0 saturated heterocycles. The van der Waals surface area contributed by atoms with Crippen LogP contribution in [-0.4, -0.2) is 24.8 Å². The van der Waals surface area contributed by atoms with Gasteiger partial charge in [0.1, 0.15) is 0 Å². The normalized spacial score (nSPS) is 11.0. The van der Waals surface area contributed by atoms with Gasteiger partial charge in [0.25, 0.3) is 0 Å². The lowest BCUT2D eigenvalue weighted by atomic mass is 10.1. The molecule has 2 rings (SSSR count). The first-order chi connectivity index (χ1) is 10.5. The summed E-state index contributed by atoms with van der Waals surface area (Å²) in [6.45, 7) is 7.09. The standard InChI is InChI=1S/C18H22ClN3/c1-5-22(4)12-20-16-10-14(3)11-17(18(16)19)21-15-8-6-7-13(2)9-15/h6-12,21H,5H2,1-4H3. The second kappa shape index (κ2) is 7.32. The Bertz CT molecular complexity index is 680. The first-order valence-electron chi connectivity index (χ1n) is 7.38. The first kappa shape index (κ1) is 16.4. The van der Waals surface area contributed by atoms with Crippen molar-refractivity contribution in [2.75, 3.05) is 18.9 Å². The lowest BCUT2D eigenvalue weighted by Gasteiger charge is -2.13. The van der Waals surface area contributed by atoms with E-state index in [0.29, 0.717) is 5.02 Å². The Morgan fingerprint density at radius 2 is 1.95 bits per heavy atom. The summed E-state index contributed by atoms with van der Waals surface area (Å²) < 4.78 is 0. The molecule has 3 nitrogen and oxygen atoms in total. The van der Waals surface area contributed by atoms with Crippen molar-refractivity contribution in [1.29, 1.82) is 0 Å². The van der Waals surface area contributed by atoms with Gasteiger partial charge in [-0.1, -0.05) is 23.7 Å². The second-order valence-electron chi connectivity index (χ2n) is 5.46. The van der Waals surface area contributed by atoms with Crippen LogP contribution in [-0.2, 0) is 0 Å². The fraction of sp³-hybridized carbons (Fsp3) is 0.278. The van der Waals surface area contributed by atoms with E-state index >= 15 is 0 Å². The zero-order chi connectivity index (χ0) is 16.1. The van der Waals surface area contributed by atoms with E-state index in [2.05, 4.69) is 36.3 Å². The number of aryl methyl sites for hydroxylation is 2. The fourth-order valence-electron chi connectivity index (χ4n) is 2.06. The average molecular weight is 316 g/mol. The highest BCUT2D eigenvalue weighted by molar-refractivity contribution is 6.36. The Labute approximate surface area is 137 Å². The van der Waals surface area contributed by atoms with Crippen LogP contribution in [0.15, 0.2) is 41.4 Å². The van der Waals surface area contributed by atoms with Gasteiger partial charge in [-0.3, -0.25) is 0 Å². The fourth-order valence-corrected chi connectivity index (χ4v) is 2.26. The van der Waals surface area contributed by atoms with Crippen LogP contribution in [0, 0.1) is 13.8 Å². The summed E-state index contributed by atoms with van der Waals surface area (Å²) in [5.74, 6) is 0. The maximum absolute atomic E-state index is 6.50. The molecule has 0 aliphatic heterocycles. The zero-order valence-electron chi connectivity index (χ0n) is 13.5. The third-order valence-electron chi connectivity index (χ3n) is 3.39. The summed E-state index contributed by atoms with van der Waals surface area (Å²) in [4.78, 5) is 6.49.